The van der Waals surface area contributed by atoms with Gasteiger partial charge in [0.1, 0.15) is 0 Å². The maximum atomic E-state index is 11.9. The van der Waals surface area contributed by atoms with Crippen LogP contribution in [-0.2, 0) is 9.53 Å². The fourth-order valence-electron chi connectivity index (χ4n) is 1.93. The van der Waals surface area contributed by atoms with Gasteiger partial charge in [-0.05, 0) is 31.5 Å². The molecule has 0 spiro atoms. The van der Waals surface area contributed by atoms with Crippen molar-refractivity contribution in [3.63, 3.8) is 0 Å². The number of fused-ring (bicyclic) bond motifs is 1. The third-order valence-electron chi connectivity index (χ3n) is 2.80. The standard InChI is InChI=1S/C13H15ClN2O3/c1-2-19-12(17)6-5-11-15-10-7-8(14)3-4-9(10)13(18)16-11/h3-4,7,11,15H,2,5-6H2,1H3,(H,16,18). The van der Waals surface area contributed by atoms with Crippen molar-refractivity contribution in [1.82, 2.24) is 5.32 Å². The van der Waals surface area contributed by atoms with E-state index in [1.54, 1.807) is 25.1 Å². The number of halogens is 1. The van der Waals surface area contributed by atoms with Crippen LogP contribution in [0.2, 0.25) is 5.02 Å². The number of hydrogen-bond acceptors (Lipinski definition) is 4. The molecule has 1 aromatic carbocycles. The summed E-state index contributed by atoms with van der Waals surface area (Å²) in [6, 6.07) is 5.04. The normalized spacial score (nSPS) is 17.2. The third-order valence-corrected chi connectivity index (χ3v) is 3.04. The van der Waals surface area contributed by atoms with Gasteiger partial charge in [-0.2, -0.15) is 0 Å². The van der Waals surface area contributed by atoms with Crippen molar-refractivity contribution in [3.05, 3.63) is 28.8 Å². The van der Waals surface area contributed by atoms with E-state index in [2.05, 4.69) is 10.6 Å². The molecule has 0 aromatic heterocycles. The van der Waals surface area contributed by atoms with Crippen LogP contribution in [0.25, 0.3) is 0 Å². The summed E-state index contributed by atoms with van der Waals surface area (Å²) in [7, 11) is 0. The van der Waals surface area contributed by atoms with Crippen LogP contribution in [0, 0.1) is 0 Å². The molecule has 6 heteroatoms. The first kappa shape index (κ1) is 13.7. The van der Waals surface area contributed by atoms with Gasteiger partial charge < -0.3 is 15.4 Å². The number of rotatable bonds is 4. The van der Waals surface area contributed by atoms with Gasteiger partial charge >= 0.3 is 5.97 Å². The lowest BCUT2D eigenvalue weighted by atomic mass is 10.1. The smallest absolute Gasteiger partial charge is 0.305 e. The van der Waals surface area contributed by atoms with Crippen LogP contribution in [0.1, 0.15) is 30.1 Å². The van der Waals surface area contributed by atoms with Gasteiger partial charge in [-0.3, -0.25) is 9.59 Å². The molecule has 0 radical (unpaired) electrons. The maximum Gasteiger partial charge on any atom is 0.305 e. The molecule has 1 aliphatic rings. The van der Waals surface area contributed by atoms with Crippen molar-refractivity contribution in [3.8, 4) is 0 Å². The number of benzene rings is 1. The number of amides is 1. The van der Waals surface area contributed by atoms with E-state index in [-0.39, 0.29) is 24.5 Å². The minimum atomic E-state index is -0.289. The van der Waals surface area contributed by atoms with E-state index in [1.165, 1.54) is 0 Å². The first-order chi connectivity index (χ1) is 9.10. The Morgan fingerprint density at radius 1 is 1.42 bits per heavy atom. The predicted octanol–water partition coefficient (Wildman–Crippen LogP) is 2.16. The lowest BCUT2D eigenvalue weighted by Crippen LogP contribution is -2.45. The van der Waals surface area contributed by atoms with Gasteiger partial charge in [0.25, 0.3) is 5.91 Å². The third kappa shape index (κ3) is 3.38. The van der Waals surface area contributed by atoms with E-state index in [9.17, 15) is 9.59 Å². The molecule has 5 nitrogen and oxygen atoms in total. The molecule has 1 amide bonds. The number of esters is 1. The monoisotopic (exact) mass is 282 g/mol. The van der Waals surface area contributed by atoms with Crippen molar-refractivity contribution < 1.29 is 14.3 Å². The highest BCUT2D eigenvalue weighted by molar-refractivity contribution is 6.31. The fourth-order valence-corrected chi connectivity index (χ4v) is 2.11. The van der Waals surface area contributed by atoms with E-state index < -0.39 is 0 Å². The molecule has 1 unspecified atom stereocenters. The number of carbonyl (C=O) groups excluding carboxylic acids is 2. The second-order valence-electron chi connectivity index (χ2n) is 4.20. The molecule has 19 heavy (non-hydrogen) atoms. The molecule has 1 heterocycles. The molecule has 0 fully saturated rings. The first-order valence-corrected chi connectivity index (χ1v) is 6.50. The first-order valence-electron chi connectivity index (χ1n) is 6.12. The molecule has 0 saturated carbocycles. The summed E-state index contributed by atoms with van der Waals surface area (Å²) in [5.41, 5.74) is 1.24. The Balaban J connectivity index is 2.00. The summed E-state index contributed by atoms with van der Waals surface area (Å²) in [6.07, 6.45) is 0.431. The van der Waals surface area contributed by atoms with E-state index in [0.29, 0.717) is 29.3 Å². The van der Waals surface area contributed by atoms with Crippen molar-refractivity contribution >= 4 is 29.2 Å². The van der Waals surface area contributed by atoms with Crippen LogP contribution >= 0.6 is 11.6 Å². The Bertz CT molecular complexity index is 505. The van der Waals surface area contributed by atoms with Gasteiger partial charge in [0.2, 0.25) is 0 Å². The number of anilines is 1. The Morgan fingerprint density at radius 3 is 2.95 bits per heavy atom. The summed E-state index contributed by atoms with van der Waals surface area (Å²) in [6.45, 7) is 2.12. The number of hydrogen-bond donors (Lipinski definition) is 2. The summed E-state index contributed by atoms with van der Waals surface area (Å²) in [5, 5.41) is 6.49. The summed E-state index contributed by atoms with van der Waals surface area (Å²) in [5.74, 6) is -0.435. The number of carbonyl (C=O) groups is 2. The van der Waals surface area contributed by atoms with Crippen LogP contribution < -0.4 is 10.6 Å². The molecule has 1 aromatic rings. The fraction of sp³-hybridized carbons (Fsp3) is 0.385. The molecule has 1 aliphatic heterocycles. The molecule has 0 bridgehead atoms. The SMILES string of the molecule is CCOC(=O)CCC1NC(=O)c2ccc(Cl)cc2N1. The Morgan fingerprint density at radius 2 is 2.21 bits per heavy atom. The van der Waals surface area contributed by atoms with Gasteiger partial charge in [-0.15, -0.1) is 0 Å². The topological polar surface area (TPSA) is 67.4 Å². The van der Waals surface area contributed by atoms with Gasteiger partial charge in [-0.1, -0.05) is 11.6 Å². The van der Waals surface area contributed by atoms with Crippen molar-refractivity contribution in [2.45, 2.75) is 25.9 Å². The molecular formula is C13H15ClN2O3. The summed E-state index contributed by atoms with van der Waals surface area (Å²) >= 11 is 5.90. The van der Waals surface area contributed by atoms with Crippen LogP contribution in [0.15, 0.2) is 18.2 Å². The zero-order chi connectivity index (χ0) is 13.8. The Kier molecular flexibility index (Phi) is 4.27. The molecule has 1 atom stereocenters. The van der Waals surface area contributed by atoms with Gasteiger partial charge in [0.15, 0.2) is 0 Å². The number of ether oxygens (including phenoxy) is 1. The highest BCUT2D eigenvalue weighted by Crippen LogP contribution is 2.25. The van der Waals surface area contributed by atoms with Crippen LogP contribution in [0.4, 0.5) is 5.69 Å². The molecule has 0 saturated heterocycles. The van der Waals surface area contributed by atoms with Crippen LogP contribution in [0.5, 0.6) is 0 Å². The summed E-state index contributed by atoms with van der Waals surface area (Å²) < 4.78 is 4.85. The minimum Gasteiger partial charge on any atom is -0.466 e. The lowest BCUT2D eigenvalue weighted by Gasteiger charge is -2.27. The Labute approximate surface area is 116 Å². The van der Waals surface area contributed by atoms with Gasteiger partial charge in [0.05, 0.1) is 18.3 Å². The summed E-state index contributed by atoms with van der Waals surface area (Å²) in [4.78, 5) is 23.2. The number of nitrogens with one attached hydrogen (secondary N) is 2. The molecule has 2 rings (SSSR count). The highest BCUT2D eigenvalue weighted by atomic mass is 35.5. The molecule has 0 aliphatic carbocycles. The van der Waals surface area contributed by atoms with E-state index in [0.717, 1.165) is 0 Å². The van der Waals surface area contributed by atoms with E-state index in [1.807, 2.05) is 0 Å². The zero-order valence-corrected chi connectivity index (χ0v) is 11.3. The van der Waals surface area contributed by atoms with Crippen molar-refractivity contribution in [1.29, 1.82) is 0 Å². The van der Waals surface area contributed by atoms with Crippen molar-refractivity contribution in [2.75, 3.05) is 11.9 Å². The van der Waals surface area contributed by atoms with Crippen LogP contribution in [0.3, 0.4) is 0 Å². The second-order valence-corrected chi connectivity index (χ2v) is 4.64. The Hall–Kier alpha value is -1.75. The van der Waals surface area contributed by atoms with Gasteiger partial charge in [-0.25, -0.2) is 0 Å². The average molecular weight is 283 g/mol. The lowest BCUT2D eigenvalue weighted by molar-refractivity contribution is -0.143. The largest absolute Gasteiger partial charge is 0.466 e. The molecule has 2 N–H and O–H groups in total. The quantitative estimate of drug-likeness (QED) is 0.831. The zero-order valence-electron chi connectivity index (χ0n) is 10.5. The van der Waals surface area contributed by atoms with Crippen LogP contribution in [-0.4, -0.2) is 24.6 Å². The molecule has 102 valence electrons. The second kappa shape index (κ2) is 5.93. The maximum absolute atomic E-state index is 11.9. The van der Waals surface area contributed by atoms with E-state index in [4.69, 9.17) is 16.3 Å². The predicted molar refractivity (Wildman–Crippen MR) is 72.2 cm³/mol. The molecular weight excluding hydrogens is 268 g/mol. The minimum absolute atomic E-state index is 0.167. The van der Waals surface area contributed by atoms with E-state index >= 15 is 0 Å². The van der Waals surface area contributed by atoms with Gasteiger partial charge in [0, 0.05) is 17.1 Å². The van der Waals surface area contributed by atoms with Crippen molar-refractivity contribution in [2.24, 2.45) is 0 Å². The highest BCUT2D eigenvalue weighted by Gasteiger charge is 2.23. The average Bonchev–Trinajstić information content (AvgIpc) is 2.36.